The zero-order chi connectivity index (χ0) is 23.0. The number of carbonyl (C=O) groups excluding carboxylic acids is 1. The molecule has 1 saturated carbocycles. The molecule has 1 aromatic carbocycles. The molecule has 5 nitrogen and oxygen atoms in total. The van der Waals surface area contributed by atoms with Gasteiger partial charge in [-0.2, -0.15) is 0 Å². The number of pyridine rings is 1. The van der Waals surface area contributed by atoms with Crippen LogP contribution >= 0.6 is 0 Å². The minimum atomic E-state index is 0.0417. The number of nitrogens with zero attached hydrogens (tertiary/aromatic N) is 2. The van der Waals surface area contributed by atoms with Gasteiger partial charge in [0.1, 0.15) is 5.75 Å². The van der Waals surface area contributed by atoms with E-state index in [0.29, 0.717) is 12.2 Å². The van der Waals surface area contributed by atoms with Crippen LogP contribution in [-0.4, -0.2) is 48.5 Å². The van der Waals surface area contributed by atoms with E-state index in [2.05, 4.69) is 15.2 Å². The maximum atomic E-state index is 12.3. The minimum absolute atomic E-state index is 0.0417. The van der Waals surface area contributed by atoms with Gasteiger partial charge < -0.3 is 15.0 Å². The molecule has 0 bridgehead atoms. The quantitative estimate of drug-likeness (QED) is 0.428. The highest BCUT2D eigenvalue weighted by atomic mass is 16.5. The Labute approximate surface area is 199 Å². The molecule has 2 aliphatic rings. The smallest absolute Gasteiger partial charge is 0.163 e. The van der Waals surface area contributed by atoms with Gasteiger partial charge in [0.2, 0.25) is 0 Å². The molecular weight excluding hydrogens is 410 g/mol. The highest BCUT2D eigenvalue weighted by molar-refractivity contribution is 6.07. The maximum Gasteiger partial charge on any atom is 0.163 e. The summed E-state index contributed by atoms with van der Waals surface area (Å²) < 4.78 is 5.69. The van der Waals surface area contributed by atoms with E-state index in [-0.39, 0.29) is 5.78 Å². The van der Waals surface area contributed by atoms with E-state index >= 15 is 0 Å². The third-order valence-electron chi connectivity index (χ3n) is 7.67. The molecular formula is C28H41N3O2. The van der Waals surface area contributed by atoms with Crippen LogP contribution in [0.4, 0.5) is 5.69 Å². The van der Waals surface area contributed by atoms with E-state index in [1.807, 2.05) is 25.1 Å². The van der Waals surface area contributed by atoms with E-state index < -0.39 is 0 Å². The number of piperidine rings is 1. The van der Waals surface area contributed by atoms with Crippen LogP contribution in [0.5, 0.6) is 5.75 Å². The molecule has 2 fully saturated rings. The van der Waals surface area contributed by atoms with Gasteiger partial charge in [-0.05, 0) is 89.2 Å². The second-order valence-electron chi connectivity index (χ2n) is 10.0. The molecule has 33 heavy (non-hydrogen) atoms. The van der Waals surface area contributed by atoms with Crippen LogP contribution in [0, 0.1) is 11.8 Å². The van der Waals surface area contributed by atoms with Crippen molar-refractivity contribution in [1.29, 1.82) is 0 Å². The van der Waals surface area contributed by atoms with E-state index in [0.717, 1.165) is 47.1 Å². The molecule has 1 aromatic heterocycles. The molecule has 180 valence electrons. The van der Waals surface area contributed by atoms with Crippen molar-refractivity contribution < 1.29 is 9.53 Å². The van der Waals surface area contributed by atoms with Crippen LogP contribution in [0.2, 0.25) is 0 Å². The number of benzene rings is 1. The fraction of sp³-hybridized carbons (Fsp3) is 0.643. The van der Waals surface area contributed by atoms with Crippen molar-refractivity contribution >= 4 is 22.4 Å². The maximum absolute atomic E-state index is 12.3. The van der Waals surface area contributed by atoms with Gasteiger partial charge >= 0.3 is 0 Å². The Morgan fingerprint density at radius 1 is 1.09 bits per heavy atom. The second kappa shape index (κ2) is 11.8. The van der Waals surface area contributed by atoms with E-state index in [1.54, 1.807) is 13.1 Å². The van der Waals surface area contributed by atoms with Gasteiger partial charge in [0.15, 0.2) is 5.78 Å². The van der Waals surface area contributed by atoms with Crippen LogP contribution in [0.1, 0.15) is 82.0 Å². The Balaban J connectivity index is 1.30. The van der Waals surface area contributed by atoms with Gasteiger partial charge in [-0.1, -0.05) is 32.1 Å². The fourth-order valence-electron chi connectivity index (χ4n) is 5.63. The fourth-order valence-corrected chi connectivity index (χ4v) is 5.63. The largest absolute Gasteiger partial charge is 0.494 e. The lowest BCUT2D eigenvalue weighted by Gasteiger charge is -2.33. The number of rotatable bonds is 10. The summed E-state index contributed by atoms with van der Waals surface area (Å²) in [6.07, 6.45) is 14.1. The highest BCUT2D eigenvalue weighted by Crippen LogP contribution is 2.31. The summed E-state index contributed by atoms with van der Waals surface area (Å²) >= 11 is 0. The molecule has 0 amide bonds. The number of ether oxygens (including phenoxy) is 1. The second-order valence-corrected chi connectivity index (χ2v) is 10.0. The van der Waals surface area contributed by atoms with Crippen LogP contribution in [0.3, 0.4) is 0 Å². The Hall–Kier alpha value is -2.14. The minimum Gasteiger partial charge on any atom is -0.494 e. The number of hydrogen-bond acceptors (Lipinski definition) is 5. The standard InChI is InChI=1S/C28H41N3O2/c1-3-33-24-9-10-27-25(19-24)28(26(20-30-27)21(2)32)29-15-11-23-13-17-31(18-14-23)16-12-22-7-5-4-6-8-22/h9-10,19-20,22-23H,3-8,11-18H2,1-2H3,(H,29,30). The molecule has 1 N–H and O–H groups in total. The third-order valence-corrected chi connectivity index (χ3v) is 7.67. The summed E-state index contributed by atoms with van der Waals surface area (Å²) in [5.74, 6) is 2.60. The first kappa shape index (κ1) is 24.0. The Morgan fingerprint density at radius 3 is 2.58 bits per heavy atom. The number of hydrogen-bond donors (Lipinski definition) is 1. The molecule has 1 saturated heterocycles. The molecule has 5 heteroatoms. The lowest BCUT2D eigenvalue weighted by molar-refractivity contribution is 0.101. The summed E-state index contributed by atoms with van der Waals surface area (Å²) in [5, 5.41) is 4.57. The van der Waals surface area contributed by atoms with E-state index in [9.17, 15) is 4.79 Å². The summed E-state index contributed by atoms with van der Waals surface area (Å²) in [6.45, 7) is 8.87. The Morgan fingerprint density at radius 2 is 1.85 bits per heavy atom. The Bertz CT molecular complexity index is 915. The highest BCUT2D eigenvalue weighted by Gasteiger charge is 2.21. The zero-order valence-electron chi connectivity index (χ0n) is 20.6. The van der Waals surface area contributed by atoms with E-state index in [4.69, 9.17) is 4.74 Å². The molecule has 1 aliphatic heterocycles. The number of anilines is 1. The van der Waals surface area contributed by atoms with Gasteiger partial charge in [-0.25, -0.2) is 0 Å². The molecule has 0 radical (unpaired) electrons. The van der Waals surface area contributed by atoms with Crippen LogP contribution in [0.15, 0.2) is 24.4 Å². The number of carbonyl (C=O) groups is 1. The van der Waals surface area contributed by atoms with Gasteiger partial charge in [-0.15, -0.1) is 0 Å². The van der Waals surface area contributed by atoms with Crippen LogP contribution < -0.4 is 10.1 Å². The lowest BCUT2D eigenvalue weighted by atomic mass is 9.86. The first-order valence-electron chi connectivity index (χ1n) is 13.2. The third kappa shape index (κ3) is 6.47. The van der Waals surface area contributed by atoms with Gasteiger partial charge in [0, 0.05) is 18.1 Å². The van der Waals surface area contributed by atoms with Gasteiger partial charge in [0.05, 0.1) is 23.4 Å². The average molecular weight is 452 g/mol. The number of ketones is 1. The lowest BCUT2D eigenvalue weighted by Crippen LogP contribution is -2.35. The Kier molecular flexibility index (Phi) is 8.60. The van der Waals surface area contributed by atoms with Crippen molar-refractivity contribution in [2.45, 2.75) is 71.6 Å². The van der Waals surface area contributed by atoms with Crippen molar-refractivity contribution in [3.05, 3.63) is 30.0 Å². The number of likely N-dealkylation sites (tertiary alicyclic amines) is 1. The number of aromatic nitrogens is 1. The van der Waals surface area contributed by atoms with Crippen molar-refractivity contribution in [2.75, 3.05) is 38.1 Å². The SMILES string of the molecule is CCOc1ccc2ncc(C(C)=O)c(NCCC3CCN(CCC4CCCCC4)CC3)c2c1. The predicted octanol–water partition coefficient (Wildman–Crippen LogP) is 6.32. The monoisotopic (exact) mass is 451 g/mol. The van der Waals surface area contributed by atoms with Crippen molar-refractivity contribution in [2.24, 2.45) is 11.8 Å². The van der Waals surface area contributed by atoms with Crippen molar-refractivity contribution in [3.8, 4) is 5.75 Å². The zero-order valence-corrected chi connectivity index (χ0v) is 20.6. The number of fused-ring (bicyclic) bond motifs is 1. The summed E-state index contributed by atoms with van der Waals surface area (Å²) in [7, 11) is 0. The first-order chi connectivity index (χ1) is 16.1. The molecule has 2 aromatic rings. The molecule has 0 unspecified atom stereocenters. The normalized spacial score (nSPS) is 18.5. The van der Waals surface area contributed by atoms with E-state index in [1.165, 1.54) is 71.0 Å². The first-order valence-corrected chi connectivity index (χ1v) is 13.2. The van der Waals surface area contributed by atoms with Crippen molar-refractivity contribution in [3.63, 3.8) is 0 Å². The number of Topliss-reactive ketones (excluding diaryl/α,β-unsaturated/α-hetero) is 1. The molecule has 2 heterocycles. The molecule has 1 aliphatic carbocycles. The average Bonchev–Trinajstić information content (AvgIpc) is 2.84. The number of nitrogens with one attached hydrogen (secondary N) is 1. The molecule has 0 spiro atoms. The van der Waals surface area contributed by atoms with Gasteiger partial charge in [-0.3, -0.25) is 9.78 Å². The summed E-state index contributed by atoms with van der Waals surface area (Å²) in [4.78, 5) is 19.5. The van der Waals surface area contributed by atoms with Crippen LogP contribution in [-0.2, 0) is 0 Å². The molecule has 4 rings (SSSR count). The van der Waals surface area contributed by atoms with Gasteiger partial charge in [0.25, 0.3) is 0 Å². The van der Waals surface area contributed by atoms with Crippen molar-refractivity contribution in [1.82, 2.24) is 9.88 Å². The molecule has 0 atom stereocenters. The summed E-state index contributed by atoms with van der Waals surface area (Å²) in [6, 6.07) is 5.92. The predicted molar refractivity (Wildman–Crippen MR) is 136 cm³/mol. The van der Waals surface area contributed by atoms with Crippen LogP contribution in [0.25, 0.3) is 10.9 Å². The topological polar surface area (TPSA) is 54.5 Å². The summed E-state index contributed by atoms with van der Waals surface area (Å²) in [5.41, 5.74) is 2.45.